The molecule has 5 nitrogen and oxygen atoms in total. The molecule has 0 bridgehead atoms. The van der Waals surface area contributed by atoms with Gasteiger partial charge in [-0.25, -0.2) is 9.78 Å². The lowest BCUT2D eigenvalue weighted by Gasteiger charge is -2.27. The van der Waals surface area contributed by atoms with Gasteiger partial charge in [-0.2, -0.15) is 0 Å². The van der Waals surface area contributed by atoms with Crippen LogP contribution in [0.5, 0.6) is 0 Å². The Morgan fingerprint density at radius 3 is 2.89 bits per heavy atom. The summed E-state index contributed by atoms with van der Waals surface area (Å²) in [4.78, 5) is 18.1. The van der Waals surface area contributed by atoms with Gasteiger partial charge in [-0.15, -0.1) is 0 Å². The molecule has 1 atom stereocenters. The molecule has 0 spiro atoms. The first-order valence-corrected chi connectivity index (χ1v) is 6.83. The fourth-order valence-electron chi connectivity index (χ4n) is 2.27. The fraction of sp³-hybridized carbons (Fsp3) is 0.714. The zero-order valence-electron chi connectivity index (χ0n) is 11.9. The second kappa shape index (κ2) is 5.63. The number of carbonyl (C=O) groups is 1. The smallest absolute Gasteiger partial charge is 0.410 e. The Morgan fingerprint density at radius 2 is 2.26 bits per heavy atom. The number of rotatable bonds is 1. The highest BCUT2D eigenvalue weighted by atomic mass is 16.6. The molecule has 0 aromatic carbocycles. The van der Waals surface area contributed by atoms with Gasteiger partial charge in [0.2, 0.25) is 0 Å². The molecule has 1 aromatic rings. The molecule has 2 heterocycles. The van der Waals surface area contributed by atoms with Crippen molar-refractivity contribution in [2.45, 2.75) is 51.6 Å². The number of ether oxygens (including phenoxy) is 1. The first-order valence-electron chi connectivity index (χ1n) is 6.83. The Kier molecular flexibility index (Phi) is 4.12. The monoisotopic (exact) mass is 266 g/mol. The summed E-state index contributed by atoms with van der Waals surface area (Å²) >= 11 is 0. The number of likely N-dealkylation sites (tertiary alicyclic amines) is 1. The molecule has 0 radical (unpaired) electrons. The molecule has 0 saturated carbocycles. The van der Waals surface area contributed by atoms with Crippen LogP contribution in [0.4, 0.5) is 4.79 Å². The van der Waals surface area contributed by atoms with Gasteiger partial charge in [-0.3, -0.25) is 0 Å². The molecule has 1 aromatic heterocycles. The Morgan fingerprint density at radius 1 is 1.47 bits per heavy atom. The van der Waals surface area contributed by atoms with Crippen molar-refractivity contribution in [1.82, 2.24) is 9.88 Å². The molecule has 1 aliphatic rings. The van der Waals surface area contributed by atoms with Gasteiger partial charge >= 0.3 is 6.09 Å². The summed E-state index contributed by atoms with van der Waals surface area (Å²) in [7, 11) is 0. The molecule has 1 saturated heterocycles. The molecule has 1 fully saturated rings. The van der Waals surface area contributed by atoms with Crippen molar-refractivity contribution in [2.24, 2.45) is 0 Å². The Bertz CT molecular complexity index is 409. The molecule has 1 amide bonds. The van der Waals surface area contributed by atoms with Crippen LogP contribution in [0.1, 0.15) is 51.8 Å². The zero-order chi connectivity index (χ0) is 13.9. The van der Waals surface area contributed by atoms with Crippen molar-refractivity contribution in [3.8, 4) is 0 Å². The summed E-state index contributed by atoms with van der Waals surface area (Å²) in [6.07, 6.45) is 6.06. The van der Waals surface area contributed by atoms with Crippen LogP contribution in [0.3, 0.4) is 0 Å². The summed E-state index contributed by atoms with van der Waals surface area (Å²) in [5, 5.41) is 0. The summed E-state index contributed by atoms with van der Waals surface area (Å²) in [6.45, 7) is 7.01. The molecular formula is C14H22N2O3. The zero-order valence-corrected chi connectivity index (χ0v) is 11.9. The average Bonchev–Trinajstić information content (AvgIpc) is 2.71. The van der Waals surface area contributed by atoms with Gasteiger partial charge in [0.25, 0.3) is 0 Å². The molecule has 5 heteroatoms. The first-order chi connectivity index (χ1) is 8.96. The third-order valence-electron chi connectivity index (χ3n) is 3.12. The Hall–Kier alpha value is -1.52. The van der Waals surface area contributed by atoms with Crippen molar-refractivity contribution < 1.29 is 13.9 Å². The Balaban J connectivity index is 2.02. The van der Waals surface area contributed by atoms with Crippen LogP contribution in [0.25, 0.3) is 0 Å². The van der Waals surface area contributed by atoms with E-state index in [1.165, 1.54) is 0 Å². The van der Waals surface area contributed by atoms with Crippen molar-refractivity contribution in [3.05, 3.63) is 18.4 Å². The number of amides is 1. The highest BCUT2D eigenvalue weighted by Crippen LogP contribution is 2.26. The number of oxazole rings is 1. The minimum atomic E-state index is -0.457. The van der Waals surface area contributed by atoms with Gasteiger partial charge in [0.1, 0.15) is 11.9 Å². The number of aromatic nitrogens is 1. The molecule has 19 heavy (non-hydrogen) atoms. The second-order valence-corrected chi connectivity index (χ2v) is 5.99. The van der Waals surface area contributed by atoms with Gasteiger partial charge in [0.05, 0.1) is 12.1 Å². The van der Waals surface area contributed by atoms with E-state index in [9.17, 15) is 4.79 Å². The molecule has 2 rings (SSSR count). The van der Waals surface area contributed by atoms with Crippen LogP contribution < -0.4 is 0 Å². The van der Waals surface area contributed by atoms with E-state index >= 15 is 0 Å². The van der Waals surface area contributed by atoms with Crippen molar-refractivity contribution in [3.63, 3.8) is 0 Å². The van der Waals surface area contributed by atoms with Gasteiger partial charge in [-0.1, -0.05) is 6.42 Å². The maximum absolute atomic E-state index is 12.1. The van der Waals surface area contributed by atoms with Crippen LogP contribution in [0.2, 0.25) is 0 Å². The predicted molar refractivity (Wildman–Crippen MR) is 70.9 cm³/mol. The van der Waals surface area contributed by atoms with Crippen LogP contribution in [0.15, 0.2) is 16.9 Å². The van der Waals surface area contributed by atoms with Crippen molar-refractivity contribution >= 4 is 6.09 Å². The molecule has 1 unspecified atom stereocenters. The Labute approximate surface area is 113 Å². The second-order valence-electron chi connectivity index (χ2n) is 5.99. The lowest BCUT2D eigenvalue weighted by atomic mass is 10.0. The van der Waals surface area contributed by atoms with Gasteiger partial charge in [0, 0.05) is 13.1 Å². The summed E-state index contributed by atoms with van der Waals surface area (Å²) in [6, 6.07) is 0. The van der Waals surface area contributed by atoms with Crippen LogP contribution in [-0.4, -0.2) is 34.7 Å². The van der Waals surface area contributed by atoms with E-state index in [0.717, 1.165) is 31.7 Å². The van der Waals surface area contributed by atoms with Gasteiger partial charge in [-0.05, 0) is 33.6 Å². The average molecular weight is 266 g/mol. The highest BCUT2D eigenvalue weighted by Gasteiger charge is 2.28. The maximum atomic E-state index is 12.1. The minimum Gasteiger partial charge on any atom is -0.449 e. The maximum Gasteiger partial charge on any atom is 0.410 e. The lowest BCUT2D eigenvalue weighted by Crippen LogP contribution is -2.38. The van der Waals surface area contributed by atoms with E-state index in [2.05, 4.69) is 4.98 Å². The topological polar surface area (TPSA) is 55.6 Å². The third kappa shape index (κ3) is 3.98. The van der Waals surface area contributed by atoms with Crippen LogP contribution in [0, 0.1) is 0 Å². The number of carbonyl (C=O) groups excluding carboxylic acids is 1. The van der Waals surface area contributed by atoms with Crippen molar-refractivity contribution in [2.75, 3.05) is 13.1 Å². The highest BCUT2D eigenvalue weighted by molar-refractivity contribution is 5.68. The SMILES string of the molecule is CC(C)(C)OC(=O)N1CCCCC(c2ncco2)C1. The minimum absolute atomic E-state index is 0.171. The number of hydrogen-bond donors (Lipinski definition) is 0. The van der Waals surface area contributed by atoms with E-state index < -0.39 is 5.60 Å². The number of hydrogen-bond acceptors (Lipinski definition) is 4. The van der Waals surface area contributed by atoms with Gasteiger partial charge < -0.3 is 14.1 Å². The third-order valence-corrected chi connectivity index (χ3v) is 3.12. The summed E-state index contributed by atoms with van der Waals surface area (Å²) in [5.41, 5.74) is -0.457. The fourth-order valence-corrected chi connectivity index (χ4v) is 2.27. The summed E-state index contributed by atoms with van der Waals surface area (Å²) < 4.78 is 10.8. The van der Waals surface area contributed by atoms with E-state index in [1.54, 1.807) is 17.4 Å². The first kappa shape index (κ1) is 13.9. The summed E-state index contributed by atoms with van der Waals surface area (Å²) in [5.74, 6) is 0.889. The van der Waals surface area contributed by atoms with Crippen molar-refractivity contribution in [1.29, 1.82) is 0 Å². The van der Waals surface area contributed by atoms with E-state index in [1.807, 2.05) is 20.8 Å². The van der Waals surface area contributed by atoms with E-state index in [-0.39, 0.29) is 12.0 Å². The van der Waals surface area contributed by atoms with E-state index in [0.29, 0.717) is 6.54 Å². The van der Waals surface area contributed by atoms with E-state index in [4.69, 9.17) is 9.15 Å². The normalized spacial score (nSPS) is 21.0. The van der Waals surface area contributed by atoms with Crippen LogP contribution >= 0.6 is 0 Å². The molecule has 0 aliphatic carbocycles. The standard InChI is InChI=1S/C14H22N2O3/c1-14(2,3)19-13(17)16-8-5-4-6-11(10-16)12-15-7-9-18-12/h7,9,11H,4-6,8,10H2,1-3H3. The largest absolute Gasteiger partial charge is 0.449 e. The molecule has 1 aliphatic heterocycles. The quantitative estimate of drug-likeness (QED) is 0.783. The molecular weight excluding hydrogens is 244 g/mol. The van der Waals surface area contributed by atoms with Gasteiger partial charge in [0.15, 0.2) is 5.89 Å². The van der Waals surface area contributed by atoms with Crippen LogP contribution in [-0.2, 0) is 4.74 Å². The molecule has 0 N–H and O–H groups in total. The predicted octanol–water partition coefficient (Wildman–Crippen LogP) is 3.18. The molecule has 106 valence electrons. The lowest BCUT2D eigenvalue weighted by molar-refractivity contribution is 0.0245. The number of nitrogens with zero attached hydrogens (tertiary/aromatic N) is 2.